The monoisotopic (exact) mass is 282 g/mol. The van der Waals surface area contributed by atoms with Crippen LogP contribution >= 0.6 is 23.5 Å². The van der Waals surface area contributed by atoms with Gasteiger partial charge in [-0.2, -0.15) is 0 Å². The minimum Gasteiger partial charge on any atom is -0.147 e. The van der Waals surface area contributed by atoms with Gasteiger partial charge in [0.1, 0.15) is 0 Å². The number of rotatable bonds is 1. The summed E-state index contributed by atoms with van der Waals surface area (Å²) in [5.74, 6) is 8.03. The van der Waals surface area contributed by atoms with E-state index in [4.69, 9.17) is 6.42 Å². The van der Waals surface area contributed by atoms with Gasteiger partial charge in [-0.05, 0) is 54.4 Å². The van der Waals surface area contributed by atoms with Crippen LogP contribution in [0.5, 0.6) is 0 Å². The average molecular weight is 283 g/mol. The fraction of sp³-hybridized carbons (Fsp3) is 0.875. The summed E-state index contributed by atoms with van der Waals surface area (Å²) >= 11 is 4.45. The van der Waals surface area contributed by atoms with Crippen LogP contribution in [0.3, 0.4) is 0 Å². The lowest BCUT2D eigenvalue weighted by Crippen LogP contribution is -2.32. The van der Waals surface area contributed by atoms with Crippen molar-refractivity contribution in [1.82, 2.24) is 0 Å². The van der Waals surface area contributed by atoms with Gasteiger partial charge >= 0.3 is 0 Å². The minimum atomic E-state index is 0.478. The van der Waals surface area contributed by atoms with Gasteiger partial charge in [0.2, 0.25) is 0 Å². The van der Waals surface area contributed by atoms with Crippen LogP contribution in [-0.4, -0.2) is 16.1 Å². The molecule has 2 heteroatoms. The Kier molecular flexibility index (Phi) is 5.00. The van der Waals surface area contributed by atoms with Crippen LogP contribution in [0.15, 0.2) is 0 Å². The van der Waals surface area contributed by atoms with Gasteiger partial charge in [-0.25, -0.2) is 0 Å². The lowest BCUT2D eigenvalue weighted by atomic mass is 9.83. The molecule has 0 aromatic rings. The predicted molar refractivity (Wildman–Crippen MR) is 85.9 cm³/mol. The van der Waals surface area contributed by atoms with E-state index in [9.17, 15) is 0 Å². The van der Waals surface area contributed by atoms with Crippen LogP contribution in [-0.2, 0) is 0 Å². The smallest absolute Gasteiger partial charge is 0.0530 e. The zero-order chi connectivity index (χ0) is 13.2. The first-order valence-electron chi connectivity index (χ1n) is 7.20. The molecule has 0 aromatic heterocycles. The van der Waals surface area contributed by atoms with Gasteiger partial charge in [-0.1, -0.05) is 20.8 Å². The molecule has 2 fully saturated rings. The molecule has 0 nitrogen and oxygen atoms in total. The highest BCUT2D eigenvalue weighted by Crippen LogP contribution is 2.47. The third kappa shape index (κ3) is 3.64. The lowest BCUT2D eigenvalue weighted by molar-refractivity contribution is 0.289. The van der Waals surface area contributed by atoms with Crippen molar-refractivity contribution in [1.29, 1.82) is 0 Å². The predicted octanol–water partition coefficient (Wildman–Crippen LogP) is 4.89. The van der Waals surface area contributed by atoms with Crippen molar-refractivity contribution < 1.29 is 0 Å². The number of terminal acetylenes is 1. The molecule has 0 radical (unpaired) electrons. The summed E-state index contributed by atoms with van der Waals surface area (Å²) in [6, 6.07) is 0. The summed E-state index contributed by atoms with van der Waals surface area (Å²) in [5.41, 5.74) is 0.478. The van der Waals surface area contributed by atoms with E-state index in [1.165, 1.54) is 37.2 Å². The molecule has 0 aromatic carbocycles. The van der Waals surface area contributed by atoms with Gasteiger partial charge in [0.15, 0.2) is 0 Å². The fourth-order valence-electron chi connectivity index (χ4n) is 2.85. The largest absolute Gasteiger partial charge is 0.147 e. The molecule has 2 aliphatic rings. The van der Waals surface area contributed by atoms with Gasteiger partial charge in [0.25, 0.3) is 0 Å². The van der Waals surface area contributed by atoms with Crippen molar-refractivity contribution in [3.8, 4) is 12.3 Å². The van der Waals surface area contributed by atoms with Crippen molar-refractivity contribution in [2.45, 2.75) is 51.0 Å². The minimum absolute atomic E-state index is 0.478. The van der Waals surface area contributed by atoms with Crippen LogP contribution in [0.2, 0.25) is 0 Å². The second-order valence-electron chi connectivity index (χ2n) is 6.88. The van der Waals surface area contributed by atoms with Gasteiger partial charge in [-0.3, -0.25) is 0 Å². The normalized spacial score (nSPS) is 38.1. The molecule has 102 valence electrons. The molecule has 1 aliphatic carbocycles. The summed E-state index contributed by atoms with van der Waals surface area (Å²) in [6.45, 7) is 7.16. The third-order valence-electron chi connectivity index (χ3n) is 4.54. The average Bonchev–Trinajstić information content (AvgIpc) is 2.38. The Morgan fingerprint density at radius 2 is 1.56 bits per heavy atom. The Bertz CT molecular complexity index is 294. The third-order valence-corrected chi connectivity index (χ3v) is 7.97. The molecule has 0 unspecified atom stereocenters. The molecule has 1 saturated heterocycles. The van der Waals surface area contributed by atoms with Crippen LogP contribution in [0.4, 0.5) is 0 Å². The van der Waals surface area contributed by atoms with E-state index in [1.54, 1.807) is 0 Å². The SMILES string of the molecule is C#CC1CCC([C@H]2SC[C@H](C(C)(C)C)CS2)CC1. The highest BCUT2D eigenvalue weighted by atomic mass is 32.2. The van der Waals surface area contributed by atoms with Crippen molar-refractivity contribution in [2.75, 3.05) is 11.5 Å². The van der Waals surface area contributed by atoms with Gasteiger partial charge in [0, 0.05) is 5.92 Å². The maximum atomic E-state index is 5.53. The second kappa shape index (κ2) is 6.14. The van der Waals surface area contributed by atoms with Crippen LogP contribution in [0, 0.1) is 35.5 Å². The van der Waals surface area contributed by atoms with E-state index in [-0.39, 0.29) is 0 Å². The van der Waals surface area contributed by atoms with Crippen molar-refractivity contribution in [3.05, 3.63) is 0 Å². The molecule has 1 aliphatic heterocycles. The Labute approximate surface area is 121 Å². The highest BCUT2D eigenvalue weighted by molar-refractivity contribution is 8.17. The maximum absolute atomic E-state index is 5.53. The first-order chi connectivity index (χ1) is 8.50. The van der Waals surface area contributed by atoms with Crippen LogP contribution in [0.1, 0.15) is 46.5 Å². The standard InChI is InChI=1S/C16H26S2/c1-5-12-6-8-13(9-7-12)15-17-10-14(11-18-15)16(2,3)4/h1,12-15H,6-11H2,2-4H3/t12?,13?,14-,15-. The Balaban J connectivity index is 1.79. The van der Waals surface area contributed by atoms with E-state index in [2.05, 4.69) is 50.2 Å². The highest BCUT2D eigenvalue weighted by Gasteiger charge is 2.35. The molecular formula is C16H26S2. The van der Waals surface area contributed by atoms with E-state index in [0.29, 0.717) is 11.3 Å². The van der Waals surface area contributed by atoms with Crippen molar-refractivity contribution >= 4 is 23.5 Å². The quantitative estimate of drug-likeness (QED) is 0.628. The maximum Gasteiger partial charge on any atom is 0.0530 e. The summed E-state index contributed by atoms with van der Waals surface area (Å²) in [4.78, 5) is 0. The van der Waals surface area contributed by atoms with E-state index in [1.807, 2.05) is 0 Å². The second-order valence-corrected chi connectivity index (χ2v) is 9.52. The zero-order valence-corrected chi connectivity index (χ0v) is 13.6. The summed E-state index contributed by atoms with van der Waals surface area (Å²) in [6.07, 6.45) is 10.8. The van der Waals surface area contributed by atoms with Crippen LogP contribution < -0.4 is 0 Å². The molecule has 0 N–H and O–H groups in total. The first-order valence-corrected chi connectivity index (χ1v) is 9.30. The Hall–Kier alpha value is 0.260. The zero-order valence-electron chi connectivity index (χ0n) is 11.9. The molecule has 1 saturated carbocycles. The summed E-state index contributed by atoms with van der Waals surface area (Å²) < 4.78 is 0.849. The number of hydrogen-bond acceptors (Lipinski definition) is 2. The summed E-state index contributed by atoms with van der Waals surface area (Å²) in [7, 11) is 0. The Morgan fingerprint density at radius 1 is 1.00 bits per heavy atom. The van der Waals surface area contributed by atoms with Crippen molar-refractivity contribution in [3.63, 3.8) is 0 Å². The molecule has 1 heterocycles. The summed E-state index contributed by atoms with van der Waals surface area (Å²) in [5, 5.41) is 0. The van der Waals surface area contributed by atoms with Crippen LogP contribution in [0.25, 0.3) is 0 Å². The van der Waals surface area contributed by atoms with E-state index >= 15 is 0 Å². The van der Waals surface area contributed by atoms with Gasteiger partial charge in [0.05, 0.1) is 4.58 Å². The molecule has 0 atom stereocenters. The number of thioether (sulfide) groups is 2. The van der Waals surface area contributed by atoms with Crippen molar-refractivity contribution in [2.24, 2.45) is 23.2 Å². The first kappa shape index (κ1) is 14.7. The fourth-order valence-corrected chi connectivity index (χ4v) is 7.02. The lowest BCUT2D eigenvalue weighted by Gasteiger charge is -2.40. The molecule has 0 amide bonds. The molecular weight excluding hydrogens is 256 g/mol. The number of hydrogen-bond donors (Lipinski definition) is 0. The molecule has 18 heavy (non-hydrogen) atoms. The van der Waals surface area contributed by atoms with E-state index < -0.39 is 0 Å². The van der Waals surface area contributed by atoms with Gasteiger partial charge in [-0.15, -0.1) is 35.9 Å². The van der Waals surface area contributed by atoms with Gasteiger partial charge < -0.3 is 0 Å². The molecule has 0 spiro atoms. The topological polar surface area (TPSA) is 0 Å². The van der Waals surface area contributed by atoms with E-state index in [0.717, 1.165) is 16.4 Å². The molecule has 2 rings (SSSR count). The Morgan fingerprint density at radius 3 is 2.00 bits per heavy atom. The molecule has 0 bridgehead atoms.